The van der Waals surface area contributed by atoms with Crippen molar-refractivity contribution in [3.05, 3.63) is 10.9 Å². The minimum atomic E-state index is -0.0741. The quantitative estimate of drug-likeness (QED) is 0.893. The lowest BCUT2D eigenvalue weighted by molar-refractivity contribution is -0.00500. The first-order valence-corrected chi connectivity index (χ1v) is 7.90. The predicted octanol–water partition coefficient (Wildman–Crippen LogP) is 2.08. The molecule has 2 unspecified atom stereocenters. The maximum absolute atomic E-state index is 12.0. The molecule has 2 heterocycles. The van der Waals surface area contributed by atoms with Crippen LogP contribution in [0.1, 0.15) is 36.9 Å². The number of carbonyl (C=O) groups is 1. The van der Waals surface area contributed by atoms with Gasteiger partial charge in [0.15, 0.2) is 0 Å². The monoisotopic (exact) mass is 297 g/mol. The van der Waals surface area contributed by atoms with Crippen molar-refractivity contribution in [3.63, 3.8) is 0 Å². The molecule has 0 aliphatic carbocycles. The van der Waals surface area contributed by atoms with Gasteiger partial charge in [-0.3, -0.25) is 4.79 Å². The van der Waals surface area contributed by atoms with Gasteiger partial charge in [-0.25, -0.2) is 0 Å². The first-order valence-electron chi connectivity index (χ1n) is 7.09. The number of amides is 1. The molecule has 1 fully saturated rings. The van der Waals surface area contributed by atoms with Crippen LogP contribution in [-0.4, -0.2) is 37.7 Å². The van der Waals surface area contributed by atoms with E-state index >= 15 is 0 Å². The summed E-state index contributed by atoms with van der Waals surface area (Å²) in [5, 5.41) is 3.92. The van der Waals surface area contributed by atoms with Crippen molar-refractivity contribution in [2.24, 2.45) is 0 Å². The van der Waals surface area contributed by atoms with Crippen LogP contribution in [0.4, 0.5) is 10.7 Å². The van der Waals surface area contributed by atoms with Crippen molar-refractivity contribution in [2.75, 3.05) is 30.3 Å². The molecule has 6 heteroatoms. The Kier molecular flexibility index (Phi) is 4.88. The third kappa shape index (κ3) is 3.43. The topological polar surface area (TPSA) is 67.6 Å². The van der Waals surface area contributed by atoms with Crippen LogP contribution in [0, 0.1) is 0 Å². The molecule has 2 rings (SSSR count). The lowest BCUT2D eigenvalue weighted by Crippen LogP contribution is -2.45. The van der Waals surface area contributed by atoms with Gasteiger partial charge in [0.1, 0.15) is 4.88 Å². The molecule has 1 aliphatic rings. The van der Waals surface area contributed by atoms with Gasteiger partial charge in [0.25, 0.3) is 5.91 Å². The van der Waals surface area contributed by atoms with Gasteiger partial charge < -0.3 is 20.7 Å². The Morgan fingerprint density at radius 2 is 2.15 bits per heavy atom. The van der Waals surface area contributed by atoms with Gasteiger partial charge >= 0.3 is 0 Å². The smallest absolute Gasteiger partial charge is 0.263 e. The van der Waals surface area contributed by atoms with Gasteiger partial charge in [0.05, 0.1) is 22.9 Å². The highest BCUT2D eigenvalue weighted by atomic mass is 32.1. The van der Waals surface area contributed by atoms with E-state index in [0.717, 1.165) is 24.5 Å². The Hall–Kier alpha value is -1.27. The fourth-order valence-corrected chi connectivity index (χ4v) is 3.42. The average molecular weight is 297 g/mol. The van der Waals surface area contributed by atoms with Crippen molar-refractivity contribution >= 4 is 27.9 Å². The number of nitrogens with one attached hydrogen (secondary N) is 1. The van der Waals surface area contributed by atoms with E-state index in [9.17, 15) is 4.79 Å². The van der Waals surface area contributed by atoms with Crippen LogP contribution < -0.4 is 16.0 Å². The molecule has 1 amide bonds. The van der Waals surface area contributed by atoms with E-state index in [2.05, 4.69) is 24.1 Å². The number of carbonyl (C=O) groups excluding carboxylic acids is 1. The highest BCUT2D eigenvalue weighted by Gasteiger charge is 2.25. The minimum Gasteiger partial charge on any atom is -0.397 e. The number of rotatable bonds is 4. The molecule has 0 spiro atoms. The molecule has 1 aromatic rings. The standard InChI is InChI=1S/C14H23N3O2S/c1-4-5-16-14(18)13-11(15)6-12(20-13)17-7-9(2)19-10(3)8-17/h6,9-10H,4-5,7-8,15H2,1-3H3,(H,16,18). The fraction of sp³-hybridized carbons (Fsp3) is 0.643. The molecule has 0 saturated carbocycles. The summed E-state index contributed by atoms with van der Waals surface area (Å²) in [4.78, 5) is 14.9. The number of nitrogens with two attached hydrogens (primary N) is 1. The van der Waals surface area contributed by atoms with Gasteiger partial charge in [-0.1, -0.05) is 6.92 Å². The van der Waals surface area contributed by atoms with Crippen LogP contribution >= 0.6 is 11.3 Å². The molecule has 0 radical (unpaired) electrons. The predicted molar refractivity (Wildman–Crippen MR) is 83.6 cm³/mol. The maximum atomic E-state index is 12.0. The van der Waals surface area contributed by atoms with E-state index in [0.29, 0.717) is 17.1 Å². The summed E-state index contributed by atoms with van der Waals surface area (Å²) in [6, 6.07) is 1.90. The van der Waals surface area contributed by atoms with Gasteiger partial charge in [0, 0.05) is 19.6 Å². The Morgan fingerprint density at radius 1 is 1.50 bits per heavy atom. The summed E-state index contributed by atoms with van der Waals surface area (Å²) < 4.78 is 5.73. The average Bonchev–Trinajstić information content (AvgIpc) is 2.77. The summed E-state index contributed by atoms with van der Waals surface area (Å²) in [5.74, 6) is -0.0741. The van der Waals surface area contributed by atoms with Crippen molar-refractivity contribution in [3.8, 4) is 0 Å². The largest absolute Gasteiger partial charge is 0.397 e. The number of nitrogen functional groups attached to an aromatic ring is 1. The van der Waals surface area contributed by atoms with Crippen molar-refractivity contribution in [1.82, 2.24) is 5.32 Å². The summed E-state index contributed by atoms with van der Waals surface area (Å²) in [7, 11) is 0. The zero-order valence-corrected chi connectivity index (χ0v) is 13.1. The molecule has 1 aromatic heterocycles. The van der Waals surface area contributed by atoms with E-state index in [1.807, 2.05) is 13.0 Å². The van der Waals surface area contributed by atoms with Gasteiger partial charge in [-0.15, -0.1) is 11.3 Å². The van der Waals surface area contributed by atoms with Crippen LogP contribution in [0.2, 0.25) is 0 Å². The molecule has 0 aromatic carbocycles. The van der Waals surface area contributed by atoms with Crippen LogP contribution in [0.3, 0.4) is 0 Å². The minimum absolute atomic E-state index is 0.0741. The maximum Gasteiger partial charge on any atom is 0.263 e. The number of thiophene rings is 1. The van der Waals surface area contributed by atoms with Crippen molar-refractivity contribution in [1.29, 1.82) is 0 Å². The Balaban J connectivity index is 2.12. The third-order valence-corrected chi connectivity index (χ3v) is 4.43. The molecule has 1 saturated heterocycles. The summed E-state index contributed by atoms with van der Waals surface area (Å²) in [6.45, 7) is 8.50. The molecule has 112 valence electrons. The second kappa shape index (κ2) is 6.45. The molecule has 20 heavy (non-hydrogen) atoms. The highest BCUT2D eigenvalue weighted by molar-refractivity contribution is 7.18. The second-order valence-electron chi connectivity index (χ2n) is 5.29. The Morgan fingerprint density at radius 3 is 2.75 bits per heavy atom. The van der Waals surface area contributed by atoms with Crippen molar-refractivity contribution < 1.29 is 9.53 Å². The fourth-order valence-electron chi connectivity index (χ4n) is 2.40. The SMILES string of the molecule is CCCNC(=O)c1sc(N2CC(C)OC(C)C2)cc1N. The zero-order valence-electron chi connectivity index (χ0n) is 12.3. The normalized spacial score (nSPS) is 22.9. The molecular weight excluding hydrogens is 274 g/mol. The number of hydrogen-bond acceptors (Lipinski definition) is 5. The zero-order chi connectivity index (χ0) is 14.7. The van der Waals surface area contributed by atoms with Gasteiger partial charge in [0.2, 0.25) is 0 Å². The lowest BCUT2D eigenvalue weighted by atomic mass is 10.2. The van der Waals surface area contributed by atoms with Crippen molar-refractivity contribution in [2.45, 2.75) is 39.4 Å². The van der Waals surface area contributed by atoms with E-state index in [-0.39, 0.29) is 18.1 Å². The lowest BCUT2D eigenvalue weighted by Gasteiger charge is -2.35. The first kappa shape index (κ1) is 15.1. The number of anilines is 2. The Bertz CT molecular complexity index is 465. The molecule has 0 bridgehead atoms. The molecular formula is C14H23N3O2S. The molecule has 5 nitrogen and oxygen atoms in total. The number of ether oxygens (including phenoxy) is 1. The van der Waals surface area contributed by atoms with Crippen LogP contribution in [0.15, 0.2) is 6.07 Å². The van der Waals surface area contributed by atoms with Gasteiger partial charge in [-0.05, 0) is 26.3 Å². The van der Waals surface area contributed by atoms with Crippen LogP contribution in [0.5, 0.6) is 0 Å². The van der Waals surface area contributed by atoms with E-state index in [1.165, 1.54) is 11.3 Å². The van der Waals surface area contributed by atoms with Crippen LogP contribution in [-0.2, 0) is 4.74 Å². The summed E-state index contributed by atoms with van der Waals surface area (Å²) in [5.41, 5.74) is 6.54. The molecule has 3 N–H and O–H groups in total. The second-order valence-corrected chi connectivity index (χ2v) is 6.32. The summed E-state index contributed by atoms with van der Waals surface area (Å²) >= 11 is 1.46. The number of hydrogen-bond donors (Lipinski definition) is 2. The van der Waals surface area contributed by atoms with Gasteiger partial charge in [-0.2, -0.15) is 0 Å². The van der Waals surface area contributed by atoms with E-state index < -0.39 is 0 Å². The van der Waals surface area contributed by atoms with Crippen LogP contribution in [0.25, 0.3) is 0 Å². The van der Waals surface area contributed by atoms with E-state index in [1.54, 1.807) is 0 Å². The Labute approximate surface area is 124 Å². The third-order valence-electron chi connectivity index (χ3n) is 3.22. The number of nitrogens with zero attached hydrogens (tertiary/aromatic N) is 1. The first-order chi connectivity index (χ1) is 9.51. The summed E-state index contributed by atoms with van der Waals surface area (Å²) in [6.07, 6.45) is 1.31. The number of morpholine rings is 1. The van der Waals surface area contributed by atoms with E-state index in [4.69, 9.17) is 10.5 Å². The highest BCUT2D eigenvalue weighted by Crippen LogP contribution is 2.33. The molecule has 2 atom stereocenters. The molecule has 1 aliphatic heterocycles.